The van der Waals surface area contributed by atoms with E-state index in [0.717, 1.165) is 24.2 Å². The highest BCUT2D eigenvalue weighted by Crippen LogP contribution is 2.39. The van der Waals surface area contributed by atoms with Gasteiger partial charge in [-0.25, -0.2) is 4.63 Å². The van der Waals surface area contributed by atoms with Crippen LogP contribution in [0.3, 0.4) is 0 Å². The number of nitrogens with zero attached hydrogens (tertiary/aromatic N) is 4. The molecule has 4 rings (SSSR count). The van der Waals surface area contributed by atoms with E-state index in [1.54, 1.807) is 12.3 Å². The third-order valence-electron chi connectivity index (χ3n) is 5.43. The number of nitrogens with one attached hydrogen (secondary N) is 1. The zero-order chi connectivity index (χ0) is 21.8. The van der Waals surface area contributed by atoms with Crippen LogP contribution >= 0.6 is 0 Å². The van der Waals surface area contributed by atoms with Gasteiger partial charge < -0.3 is 14.6 Å². The molecule has 2 aromatic carbocycles. The SMILES string of the molecule is CC(CCc1ccco1)N(C)c1cc(NCc2ccccc2)c([N+](=O)[O-])c2nonc12. The number of hydrogen-bond donors (Lipinski definition) is 1. The Labute approximate surface area is 178 Å². The minimum Gasteiger partial charge on any atom is -0.469 e. The first kappa shape index (κ1) is 20.4. The molecule has 9 heteroatoms. The van der Waals surface area contributed by atoms with Crippen molar-refractivity contribution >= 4 is 28.1 Å². The molecular weight excluding hydrogens is 398 g/mol. The Morgan fingerprint density at radius 1 is 1.16 bits per heavy atom. The largest absolute Gasteiger partial charge is 0.469 e. The van der Waals surface area contributed by atoms with E-state index >= 15 is 0 Å². The molecular formula is C22H23N5O4. The summed E-state index contributed by atoms with van der Waals surface area (Å²) < 4.78 is 10.3. The molecule has 1 atom stereocenters. The standard InChI is InChI=1S/C22H23N5O4/c1-15(10-11-17-9-6-12-30-17)26(2)19-13-18(23-14-16-7-4-3-5-8-16)22(27(28)29)21-20(19)24-31-25-21/h3-9,12-13,15,23H,10-11,14H2,1-2H3. The monoisotopic (exact) mass is 421 g/mol. The highest BCUT2D eigenvalue weighted by atomic mass is 16.6. The van der Waals surface area contributed by atoms with Crippen LogP contribution in [0.4, 0.5) is 17.1 Å². The lowest BCUT2D eigenvalue weighted by Crippen LogP contribution is -2.29. The van der Waals surface area contributed by atoms with Gasteiger partial charge in [-0.1, -0.05) is 30.3 Å². The van der Waals surface area contributed by atoms with Gasteiger partial charge in [0.25, 0.3) is 0 Å². The molecule has 1 N–H and O–H groups in total. The molecule has 0 bridgehead atoms. The van der Waals surface area contributed by atoms with Gasteiger partial charge in [0.15, 0.2) is 5.52 Å². The molecule has 0 saturated heterocycles. The minimum absolute atomic E-state index is 0.119. The van der Waals surface area contributed by atoms with Crippen molar-refractivity contribution in [3.8, 4) is 0 Å². The summed E-state index contributed by atoms with van der Waals surface area (Å²) in [5.74, 6) is 0.919. The molecule has 4 aromatic rings. The number of benzene rings is 2. The van der Waals surface area contributed by atoms with E-state index in [-0.39, 0.29) is 17.2 Å². The van der Waals surface area contributed by atoms with E-state index in [9.17, 15) is 10.1 Å². The quantitative estimate of drug-likeness (QED) is 0.303. The predicted octanol–water partition coefficient (Wildman–Crippen LogP) is 4.79. The second-order valence-corrected chi connectivity index (χ2v) is 7.43. The summed E-state index contributed by atoms with van der Waals surface area (Å²) in [4.78, 5) is 13.4. The zero-order valence-electron chi connectivity index (χ0n) is 17.3. The van der Waals surface area contributed by atoms with Crippen molar-refractivity contribution in [1.82, 2.24) is 10.3 Å². The van der Waals surface area contributed by atoms with Gasteiger partial charge in [0.05, 0.1) is 16.9 Å². The average molecular weight is 421 g/mol. The van der Waals surface area contributed by atoms with Crippen molar-refractivity contribution in [1.29, 1.82) is 0 Å². The third-order valence-corrected chi connectivity index (χ3v) is 5.43. The molecule has 31 heavy (non-hydrogen) atoms. The molecule has 0 spiro atoms. The summed E-state index contributed by atoms with van der Waals surface area (Å²) >= 11 is 0. The van der Waals surface area contributed by atoms with E-state index in [4.69, 9.17) is 9.05 Å². The maximum atomic E-state index is 11.8. The molecule has 0 saturated carbocycles. The van der Waals surface area contributed by atoms with Crippen LogP contribution in [0, 0.1) is 10.1 Å². The first-order valence-electron chi connectivity index (χ1n) is 10.0. The second kappa shape index (κ2) is 8.86. The van der Waals surface area contributed by atoms with Crippen LogP contribution in [0.2, 0.25) is 0 Å². The van der Waals surface area contributed by atoms with E-state index in [2.05, 4.69) is 22.6 Å². The number of fused-ring (bicyclic) bond motifs is 1. The maximum absolute atomic E-state index is 11.8. The fourth-order valence-electron chi connectivity index (χ4n) is 3.53. The van der Waals surface area contributed by atoms with Crippen molar-refractivity contribution < 1.29 is 14.0 Å². The predicted molar refractivity (Wildman–Crippen MR) is 117 cm³/mol. The molecule has 2 heterocycles. The minimum atomic E-state index is -0.454. The summed E-state index contributed by atoms with van der Waals surface area (Å²) in [5.41, 5.74) is 2.44. The van der Waals surface area contributed by atoms with Gasteiger partial charge >= 0.3 is 5.69 Å². The van der Waals surface area contributed by atoms with Crippen LogP contribution in [-0.4, -0.2) is 28.3 Å². The molecule has 0 aliphatic rings. The summed E-state index contributed by atoms with van der Waals surface area (Å²) in [7, 11) is 1.93. The number of hydrogen-bond acceptors (Lipinski definition) is 8. The van der Waals surface area contributed by atoms with E-state index in [1.165, 1.54) is 0 Å². The van der Waals surface area contributed by atoms with E-state index in [1.807, 2.05) is 54.4 Å². The molecule has 1 unspecified atom stereocenters. The second-order valence-electron chi connectivity index (χ2n) is 7.43. The fraction of sp³-hybridized carbons (Fsp3) is 0.273. The molecule has 0 amide bonds. The Morgan fingerprint density at radius 3 is 2.65 bits per heavy atom. The topological polar surface area (TPSA) is 110 Å². The van der Waals surface area contributed by atoms with Crippen molar-refractivity contribution in [3.63, 3.8) is 0 Å². The van der Waals surface area contributed by atoms with Gasteiger partial charge in [-0.15, -0.1) is 0 Å². The van der Waals surface area contributed by atoms with Gasteiger partial charge in [0.2, 0.25) is 5.52 Å². The van der Waals surface area contributed by atoms with Crippen LogP contribution in [0.25, 0.3) is 11.0 Å². The molecule has 160 valence electrons. The number of aryl methyl sites for hydroxylation is 1. The lowest BCUT2D eigenvalue weighted by atomic mass is 10.1. The Bertz CT molecular complexity index is 1160. The van der Waals surface area contributed by atoms with E-state index in [0.29, 0.717) is 23.4 Å². The maximum Gasteiger partial charge on any atom is 0.323 e. The van der Waals surface area contributed by atoms with Crippen molar-refractivity contribution in [2.45, 2.75) is 32.4 Å². The number of nitro benzene ring substituents is 1. The van der Waals surface area contributed by atoms with Crippen LogP contribution < -0.4 is 10.2 Å². The van der Waals surface area contributed by atoms with Crippen molar-refractivity contribution in [3.05, 3.63) is 76.2 Å². The van der Waals surface area contributed by atoms with Gasteiger partial charge in [-0.2, -0.15) is 0 Å². The number of rotatable bonds is 9. The summed E-state index contributed by atoms with van der Waals surface area (Å²) in [6, 6.07) is 15.4. The Balaban J connectivity index is 1.65. The Hall–Kier alpha value is -3.88. The van der Waals surface area contributed by atoms with E-state index < -0.39 is 4.92 Å². The summed E-state index contributed by atoms with van der Waals surface area (Å²) in [5, 5.41) is 22.8. The number of nitro groups is 1. The summed E-state index contributed by atoms with van der Waals surface area (Å²) in [6.45, 7) is 2.52. The average Bonchev–Trinajstić information content (AvgIpc) is 3.47. The van der Waals surface area contributed by atoms with Crippen LogP contribution in [0.1, 0.15) is 24.7 Å². The highest BCUT2D eigenvalue weighted by molar-refractivity contribution is 5.99. The number of anilines is 2. The van der Waals surface area contributed by atoms with Gasteiger partial charge in [-0.05, 0) is 47.4 Å². The highest BCUT2D eigenvalue weighted by Gasteiger charge is 2.28. The number of furan rings is 1. The van der Waals surface area contributed by atoms with Gasteiger partial charge in [0, 0.05) is 26.1 Å². The van der Waals surface area contributed by atoms with Gasteiger partial charge in [-0.3, -0.25) is 10.1 Å². The Morgan fingerprint density at radius 2 is 1.94 bits per heavy atom. The number of aromatic nitrogens is 2. The molecule has 2 aromatic heterocycles. The molecule has 0 radical (unpaired) electrons. The van der Waals surface area contributed by atoms with Crippen molar-refractivity contribution in [2.75, 3.05) is 17.3 Å². The third kappa shape index (κ3) is 4.35. The zero-order valence-corrected chi connectivity index (χ0v) is 17.3. The molecule has 9 nitrogen and oxygen atoms in total. The normalized spacial score (nSPS) is 12.1. The van der Waals surface area contributed by atoms with Crippen molar-refractivity contribution in [2.24, 2.45) is 0 Å². The fourth-order valence-corrected chi connectivity index (χ4v) is 3.53. The van der Waals surface area contributed by atoms with Gasteiger partial charge in [0.1, 0.15) is 11.4 Å². The summed E-state index contributed by atoms with van der Waals surface area (Å²) in [6.07, 6.45) is 3.28. The lowest BCUT2D eigenvalue weighted by molar-refractivity contribution is -0.382. The molecule has 0 aliphatic carbocycles. The smallest absolute Gasteiger partial charge is 0.323 e. The first-order valence-corrected chi connectivity index (χ1v) is 10.0. The van der Waals surface area contributed by atoms with Crippen LogP contribution in [-0.2, 0) is 13.0 Å². The van der Waals surface area contributed by atoms with Crippen LogP contribution in [0.5, 0.6) is 0 Å². The molecule has 0 fully saturated rings. The lowest BCUT2D eigenvalue weighted by Gasteiger charge is -2.27. The molecule has 0 aliphatic heterocycles. The Kier molecular flexibility index (Phi) is 5.83. The first-order chi connectivity index (χ1) is 15.0. The van der Waals surface area contributed by atoms with Crippen LogP contribution in [0.15, 0.2) is 63.8 Å².